The summed E-state index contributed by atoms with van der Waals surface area (Å²) in [6.07, 6.45) is 3.05. The van der Waals surface area contributed by atoms with Gasteiger partial charge in [0.25, 0.3) is 5.91 Å². The Morgan fingerprint density at radius 3 is 2.52 bits per heavy atom. The Labute approximate surface area is 187 Å². The van der Waals surface area contributed by atoms with Crippen LogP contribution in [0, 0.1) is 6.92 Å². The molecule has 1 saturated heterocycles. The van der Waals surface area contributed by atoms with Crippen LogP contribution in [0.1, 0.15) is 28.8 Å². The number of hydrogen-bond acceptors (Lipinski definition) is 5. The lowest BCUT2D eigenvalue weighted by Crippen LogP contribution is -2.44. The van der Waals surface area contributed by atoms with Gasteiger partial charge in [-0.15, -0.1) is 0 Å². The van der Waals surface area contributed by atoms with Crippen LogP contribution < -0.4 is 14.9 Å². The SMILES string of the molecule is CSCCC(NC(=O)c1cccc(C)c1)C(=O)Nc1ccc(N2CCCS2(=O)=O)cc1. The Hall–Kier alpha value is -2.52. The Morgan fingerprint density at radius 1 is 1.16 bits per heavy atom. The van der Waals surface area contributed by atoms with Crippen LogP contribution in [0.5, 0.6) is 0 Å². The maximum atomic E-state index is 12.9. The van der Waals surface area contributed by atoms with E-state index in [1.54, 1.807) is 48.2 Å². The van der Waals surface area contributed by atoms with Crippen LogP contribution in [-0.4, -0.2) is 50.6 Å². The van der Waals surface area contributed by atoms with E-state index in [2.05, 4.69) is 10.6 Å². The van der Waals surface area contributed by atoms with E-state index in [1.165, 1.54) is 4.31 Å². The molecular weight excluding hydrogens is 434 g/mol. The summed E-state index contributed by atoms with van der Waals surface area (Å²) in [4.78, 5) is 25.5. The van der Waals surface area contributed by atoms with Crippen molar-refractivity contribution in [2.75, 3.05) is 33.9 Å². The van der Waals surface area contributed by atoms with Gasteiger partial charge in [0.1, 0.15) is 6.04 Å². The maximum Gasteiger partial charge on any atom is 0.251 e. The van der Waals surface area contributed by atoms with Crippen molar-refractivity contribution in [2.24, 2.45) is 0 Å². The molecule has 166 valence electrons. The minimum absolute atomic E-state index is 0.156. The lowest BCUT2D eigenvalue weighted by Gasteiger charge is -2.20. The lowest BCUT2D eigenvalue weighted by molar-refractivity contribution is -0.118. The van der Waals surface area contributed by atoms with Crippen molar-refractivity contribution in [3.8, 4) is 0 Å². The van der Waals surface area contributed by atoms with Gasteiger partial charge in [0, 0.05) is 17.8 Å². The molecule has 1 aliphatic heterocycles. The standard InChI is InChI=1S/C22H27N3O4S2/c1-16-5-3-6-17(15-16)21(26)24-20(11-13-30-2)22(27)23-18-7-9-19(10-8-18)25-12-4-14-31(25,28)29/h3,5-10,15,20H,4,11-14H2,1-2H3,(H,23,27)(H,24,26). The summed E-state index contributed by atoms with van der Waals surface area (Å²) in [5.74, 6) is 0.275. The number of amides is 2. The second-order valence-corrected chi connectivity index (χ2v) is 10.5. The molecule has 0 saturated carbocycles. The number of anilines is 2. The number of benzene rings is 2. The zero-order valence-electron chi connectivity index (χ0n) is 17.6. The number of nitrogens with one attached hydrogen (secondary N) is 2. The first kappa shape index (κ1) is 23.1. The fourth-order valence-electron chi connectivity index (χ4n) is 3.40. The third kappa shape index (κ3) is 6.01. The number of sulfonamides is 1. The van der Waals surface area contributed by atoms with Crippen molar-refractivity contribution < 1.29 is 18.0 Å². The molecule has 0 spiro atoms. The van der Waals surface area contributed by atoms with Gasteiger partial charge in [0.15, 0.2) is 0 Å². The van der Waals surface area contributed by atoms with Crippen molar-refractivity contribution in [3.63, 3.8) is 0 Å². The topological polar surface area (TPSA) is 95.6 Å². The fraction of sp³-hybridized carbons (Fsp3) is 0.364. The van der Waals surface area contributed by atoms with E-state index in [4.69, 9.17) is 0 Å². The third-order valence-electron chi connectivity index (χ3n) is 5.03. The van der Waals surface area contributed by atoms with Gasteiger partial charge < -0.3 is 10.6 Å². The molecular formula is C22H27N3O4S2. The summed E-state index contributed by atoms with van der Waals surface area (Å²) in [5.41, 5.74) is 2.61. The fourth-order valence-corrected chi connectivity index (χ4v) is 5.44. The first-order valence-corrected chi connectivity index (χ1v) is 13.1. The maximum absolute atomic E-state index is 12.9. The first-order chi connectivity index (χ1) is 14.8. The molecule has 2 amide bonds. The van der Waals surface area contributed by atoms with Crippen LogP contribution in [0.25, 0.3) is 0 Å². The summed E-state index contributed by atoms with van der Waals surface area (Å²) in [5, 5.41) is 5.66. The molecule has 3 rings (SSSR count). The first-order valence-electron chi connectivity index (χ1n) is 10.1. The molecule has 1 unspecified atom stereocenters. The van der Waals surface area contributed by atoms with Crippen molar-refractivity contribution >= 4 is 45.0 Å². The molecule has 1 heterocycles. The van der Waals surface area contributed by atoms with Gasteiger partial charge in [-0.25, -0.2) is 8.42 Å². The molecule has 1 fully saturated rings. The van der Waals surface area contributed by atoms with Crippen LogP contribution >= 0.6 is 11.8 Å². The molecule has 0 aromatic heterocycles. The molecule has 1 atom stereocenters. The van der Waals surface area contributed by atoms with Crippen LogP contribution in [0.2, 0.25) is 0 Å². The highest BCUT2D eigenvalue weighted by Crippen LogP contribution is 2.25. The molecule has 0 bridgehead atoms. The number of hydrogen-bond donors (Lipinski definition) is 2. The minimum Gasteiger partial charge on any atom is -0.340 e. The molecule has 0 aliphatic carbocycles. The van der Waals surface area contributed by atoms with E-state index in [1.807, 2.05) is 25.3 Å². The van der Waals surface area contributed by atoms with E-state index < -0.39 is 16.1 Å². The molecule has 31 heavy (non-hydrogen) atoms. The number of carbonyl (C=O) groups is 2. The average Bonchev–Trinajstić information content (AvgIpc) is 3.10. The van der Waals surface area contributed by atoms with Crippen molar-refractivity contribution in [3.05, 3.63) is 59.7 Å². The number of thioether (sulfide) groups is 1. The van der Waals surface area contributed by atoms with Crippen LogP contribution in [-0.2, 0) is 14.8 Å². The summed E-state index contributed by atoms with van der Waals surface area (Å²) < 4.78 is 25.5. The molecule has 1 aliphatic rings. The highest BCUT2D eigenvalue weighted by Gasteiger charge is 2.28. The summed E-state index contributed by atoms with van der Waals surface area (Å²) >= 11 is 1.60. The molecule has 2 aromatic rings. The van der Waals surface area contributed by atoms with E-state index >= 15 is 0 Å². The van der Waals surface area contributed by atoms with Gasteiger partial charge in [-0.1, -0.05) is 17.7 Å². The van der Waals surface area contributed by atoms with E-state index in [-0.39, 0.29) is 17.6 Å². The molecule has 2 N–H and O–H groups in total. The van der Waals surface area contributed by atoms with Crippen LogP contribution in [0.4, 0.5) is 11.4 Å². The Kier molecular flexibility index (Phi) is 7.61. The summed E-state index contributed by atoms with van der Waals surface area (Å²) in [6.45, 7) is 2.38. The van der Waals surface area contributed by atoms with Gasteiger partial charge >= 0.3 is 0 Å². The molecule has 7 nitrogen and oxygen atoms in total. The highest BCUT2D eigenvalue weighted by atomic mass is 32.2. The number of aryl methyl sites for hydroxylation is 1. The van der Waals surface area contributed by atoms with Crippen LogP contribution in [0.15, 0.2) is 48.5 Å². The second-order valence-electron chi connectivity index (χ2n) is 7.45. The Bertz CT molecular complexity index is 1040. The molecule has 9 heteroatoms. The lowest BCUT2D eigenvalue weighted by atomic mass is 10.1. The second kappa shape index (κ2) is 10.2. The normalized spacial score (nSPS) is 16.0. The molecule has 0 radical (unpaired) electrons. The predicted octanol–water partition coefficient (Wildman–Crippen LogP) is 3.03. The number of carbonyl (C=O) groups excluding carboxylic acids is 2. The minimum atomic E-state index is -3.25. The van der Waals surface area contributed by atoms with Crippen LogP contribution in [0.3, 0.4) is 0 Å². The Morgan fingerprint density at radius 2 is 1.90 bits per heavy atom. The largest absolute Gasteiger partial charge is 0.340 e. The highest BCUT2D eigenvalue weighted by molar-refractivity contribution is 7.98. The average molecular weight is 462 g/mol. The van der Waals surface area contributed by atoms with Crippen molar-refractivity contribution in [1.82, 2.24) is 5.32 Å². The van der Waals surface area contributed by atoms with Crippen molar-refractivity contribution in [1.29, 1.82) is 0 Å². The van der Waals surface area contributed by atoms with Crippen molar-refractivity contribution in [2.45, 2.75) is 25.8 Å². The summed E-state index contributed by atoms with van der Waals surface area (Å²) in [6, 6.07) is 13.3. The van der Waals surface area contributed by atoms with E-state index in [0.717, 1.165) is 11.3 Å². The monoisotopic (exact) mass is 461 g/mol. The quantitative estimate of drug-likeness (QED) is 0.630. The number of rotatable bonds is 8. The molecule has 2 aromatic carbocycles. The Balaban J connectivity index is 1.68. The van der Waals surface area contributed by atoms with Gasteiger partial charge in [-0.05, 0) is 68.2 Å². The number of nitrogens with zero attached hydrogens (tertiary/aromatic N) is 1. The summed E-state index contributed by atoms with van der Waals surface area (Å²) in [7, 11) is -3.25. The third-order valence-corrected chi connectivity index (χ3v) is 7.55. The smallest absolute Gasteiger partial charge is 0.251 e. The van der Waals surface area contributed by atoms with E-state index in [9.17, 15) is 18.0 Å². The van der Waals surface area contributed by atoms with Gasteiger partial charge in [0.2, 0.25) is 15.9 Å². The zero-order chi connectivity index (χ0) is 22.4. The predicted molar refractivity (Wildman–Crippen MR) is 126 cm³/mol. The zero-order valence-corrected chi connectivity index (χ0v) is 19.3. The van der Waals surface area contributed by atoms with Gasteiger partial charge in [-0.2, -0.15) is 11.8 Å². The van der Waals surface area contributed by atoms with E-state index in [0.29, 0.717) is 36.3 Å². The van der Waals surface area contributed by atoms with Gasteiger partial charge in [-0.3, -0.25) is 13.9 Å². The van der Waals surface area contributed by atoms with Gasteiger partial charge in [0.05, 0.1) is 11.4 Å².